The predicted molar refractivity (Wildman–Crippen MR) is 96.8 cm³/mol. The summed E-state index contributed by atoms with van der Waals surface area (Å²) in [6.45, 7) is 3.38. The number of pyridine rings is 1. The van der Waals surface area contributed by atoms with E-state index in [1.54, 1.807) is 11.6 Å². The first-order valence-corrected chi connectivity index (χ1v) is 9.88. The van der Waals surface area contributed by atoms with Gasteiger partial charge in [0.05, 0.1) is 11.4 Å². The van der Waals surface area contributed by atoms with Gasteiger partial charge in [0.2, 0.25) is 9.84 Å². The summed E-state index contributed by atoms with van der Waals surface area (Å²) >= 11 is 0. The van der Waals surface area contributed by atoms with Crippen molar-refractivity contribution >= 4 is 15.5 Å². The fraction of sp³-hybridized carbons (Fsp3) is 0.278. The van der Waals surface area contributed by atoms with Crippen LogP contribution in [0.25, 0.3) is 11.4 Å². The molecule has 1 saturated heterocycles. The lowest BCUT2D eigenvalue weighted by molar-refractivity contribution is 0.566. The van der Waals surface area contributed by atoms with Crippen LogP contribution >= 0.6 is 0 Å². The Kier molecular flexibility index (Phi) is 4.16. The van der Waals surface area contributed by atoms with E-state index in [1.807, 2.05) is 12.3 Å². The summed E-state index contributed by atoms with van der Waals surface area (Å²) in [5.74, 6) is -0.761. The van der Waals surface area contributed by atoms with Gasteiger partial charge in [-0.1, -0.05) is 12.1 Å². The third kappa shape index (κ3) is 2.65. The maximum absolute atomic E-state index is 14.1. The van der Waals surface area contributed by atoms with Crippen molar-refractivity contribution in [3.8, 4) is 11.4 Å². The highest BCUT2D eigenvalue weighted by Gasteiger charge is 2.31. The number of hydrogen-bond acceptors (Lipinski definition) is 5. The zero-order valence-electron chi connectivity index (χ0n) is 14.3. The molecule has 3 aliphatic rings. The van der Waals surface area contributed by atoms with Crippen LogP contribution in [-0.2, 0) is 16.9 Å². The van der Waals surface area contributed by atoms with Crippen molar-refractivity contribution in [2.75, 3.05) is 31.1 Å². The van der Waals surface area contributed by atoms with Crippen molar-refractivity contribution in [2.24, 2.45) is 7.05 Å². The fourth-order valence-electron chi connectivity index (χ4n) is 3.37. The molecule has 0 saturated carbocycles. The highest BCUT2D eigenvalue weighted by molar-refractivity contribution is 7.91. The summed E-state index contributed by atoms with van der Waals surface area (Å²) in [5, 5.41) is 3.30. The number of anilines is 1. The van der Waals surface area contributed by atoms with Gasteiger partial charge in [0.15, 0.2) is 0 Å². The molecule has 3 aliphatic heterocycles. The first-order valence-electron chi connectivity index (χ1n) is 8.39. The Hall–Kier alpha value is -2.45. The molecule has 8 heteroatoms. The van der Waals surface area contributed by atoms with Gasteiger partial charge in [0.25, 0.3) is 0 Å². The maximum atomic E-state index is 14.1. The van der Waals surface area contributed by atoms with Crippen molar-refractivity contribution in [3.63, 3.8) is 0 Å². The molecule has 0 unspecified atom stereocenters. The van der Waals surface area contributed by atoms with Crippen LogP contribution in [0.15, 0.2) is 52.5 Å². The van der Waals surface area contributed by atoms with Gasteiger partial charge >= 0.3 is 0 Å². The average molecular weight is 374 g/mol. The van der Waals surface area contributed by atoms with E-state index in [2.05, 4.69) is 15.2 Å². The summed E-state index contributed by atoms with van der Waals surface area (Å²) in [7, 11) is -2.24. The lowest BCUT2D eigenvalue weighted by Gasteiger charge is -2.31. The maximum Gasteiger partial charge on any atom is 0.213 e. The van der Waals surface area contributed by atoms with Gasteiger partial charge in [0.1, 0.15) is 21.3 Å². The number of sulfone groups is 1. The molecule has 4 rings (SSSR count). The van der Waals surface area contributed by atoms with E-state index < -0.39 is 15.7 Å². The second kappa shape index (κ2) is 6.37. The summed E-state index contributed by atoms with van der Waals surface area (Å²) in [6.07, 6.45) is 3.15. The normalized spacial score (nSPS) is 15.5. The van der Waals surface area contributed by atoms with Crippen molar-refractivity contribution in [1.82, 2.24) is 14.9 Å². The molecule has 26 heavy (non-hydrogen) atoms. The zero-order valence-corrected chi connectivity index (χ0v) is 15.1. The number of nitrogens with one attached hydrogen (secondary N) is 1. The van der Waals surface area contributed by atoms with Crippen LogP contribution in [0.2, 0.25) is 0 Å². The number of rotatable bonds is 3. The van der Waals surface area contributed by atoms with Crippen LogP contribution in [0, 0.1) is 5.82 Å². The van der Waals surface area contributed by atoms with E-state index in [0.717, 1.165) is 37.9 Å². The highest BCUT2D eigenvalue weighted by Crippen LogP contribution is 2.38. The molecule has 0 spiro atoms. The van der Waals surface area contributed by atoms with Gasteiger partial charge < -0.3 is 14.8 Å². The number of piperazine rings is 1. The number of hydrogen-bond donors (Lipinski definition) is 1. The van der Waals surface area contributed by atoms with E-state index >= 15 is 0 Å². The minimum absolute atomic E-state index is 0.0251. The van der Waals surface area contributed by atoms with E-state index in [1.165, 1.54) is 24.4 Å². The SMILES string of the molecule is Cn1ccc(N2CCNCC2)c2ncc(S(=O)(=O)c3ccccc3F)c1-2. The Morgan fingerprint density at radius 1 is 1.12 bits per heavy atom. The van der Waals surface area contributed by atoms with E-state index in [4.69, 9.17) is 0 Å². The molecule has 6 nitrogen and oxygen atoms in total. The van der Waals surface area contributed by atoms with Crippen LogP contribution in [0.5, 0.6) is 0 Å². The molecule has 3 heterocycles. The molecule has 1 fully saturated rings. The van der Waals surface area contributed by atoms with Crippen LogP contribution in [-0.4, -0.2) is 44.1 Å². The zero-order chi connectivity index (χ0) is 18.3. The van der Waals surface area contributed by atoms with Gasteiger partial charge in [-0.05, 0) is 18.2 Å². The molecular formula is C18H19FN4O2S. The first-order chi connectivity index (χ1) is 12.5. The van der Waals surface area contributed by atoms with E-state index in [-0.39, 0.29) is 9.79 Å². The standard InChI is InChI=1S/C18H19FN4O2S/c1-22-9-6-14(23-10-7-20-8-11-23)17-18(22)16(12-21-17)26(24,25)15-5-3-2-4-13(15)19/h2-6,9,12,20H,7-8,10-11H2,1H3. The Labute approximate surface area is 151 Å². The molecule has 136 valence electrons. The minimum Gasteiger partial charge on any atom is -0.367 e. The van der Waals surface area contributed by atoms with Gasteiger partial charge in [-0.3, -0.25) is 4.98 Å². The number of nitrogens with zero attached hydrogens (tertiary/aromatic N) is 3. The third-order valence-electron chi connectivity index (χ3n) is 4.69. The molecule has 0 aliphatic carbocycles. The summed E-state index contributed by atoms with van der Waals surface area (Å²) in [6, 6.07) is 7.36. The Morgan fingerprint density at radius 2 is 1.85 bits per heavy atom. The summed E-state index contributed by atoms with van der Waals surface area (Å²) in [5.41, 5.74) is 2.01. The molecule has 0 atom stereocenters. The molecule has 0 bridgehead atoms. The number of aromatic nitrogens is 2. The number of fused-ring (bicyclic) bond motifs is 1. The lowest BCUT2D eigenvalue weighted by Crippen LogP contribution is -2.43. The second-order valence-electron chi connectivity index (χ2n) is 6.30. The first kappa shape index (κ1) is 17.0. The smallest absolute Gasteiger partial charge is 0.213 e. The minimum atomic E-state index is -4.01. The van der Waals surface area contributed by atoms with Crippen LogP contribution in [0.4, 0.5) is 10.1 Å². The van der Waals surface area contributed by atoms with E-state index in [0.29, 0.717) is 11.4 Å². The average Bonchev–Trinajstić information content (AvgIpc) is 3.10. The van der Waals surface area contributed by atoms with Crippen molar-refractivity contribution in [2.45, 2.75) is 9.79 Å². The van der Waals surface area contributed by atoms with Crippen molar-refractivity contribution in [3.05, 3.63) is 48.5 Å². The summed E-state index contributed by atoms with van der Waals surface area (Å²) < 4.78 is 42.0. The van der Waals surface area contributed by atoms with Crippen molar-refractivity contribution in [1.29, 1.82) is 0 Å². The third-order valence-corrected chi connectivity index (χ3v) is 6.48. The Bertz CT molecular complexity index is 1030. The number of aryl methyl sites for hydroxylation is 1. The van der Waals surface area contributed by atoms with Gasteiger partial charge in [-0.2, -0.15) is 0 Å². The number of benzene rings is 1. The Morgan fingerprint density at radius 3 is 2.58 bits per heavy atom. The van der Waals surface area contributed by atoms with Gasteiger partial charge in [-0.25, -0.2) is 12.8 Å². The largest absolute Gasteiger partial charge is 0.367 e. The van der Waals surface area contributed by atoms with Gasteiger partial charge in [0, 0.05) is 45.6 Å². The predicted octanol–water partition coefficient (Wildman–Crippen LogP) is 1.91. The molecule has 0 amide bonds. The van der Waals surface area contributed by atoms with Gasteiger partial charge in [-0.15, -0.1) is 0 Å². The molecule has 1 N–H and O–H groups in total. The van der Waals surface area contributed by atoms with Crippen LogP contribution in [0.1, 0.15) is 0 Å². The topological polar surface area (TPSA) is 67.2 Å². The monoisotopic (exact) mass is 374 g/mol. The number of halogens is 1. The quantitative estimate of drug-likeness (QED) is 0.759. The van der Waals surface area contributed by atoms with Crippen LogP contribution < -0.4 is 10.2 Å². The van der Waals surface area contributed by atoms with Crippen LogP contribution in [0.3, 0.4) is 0 Å². The van der Waals surface area contributed by atoms with Crippen molar-refractivity contribution < 1.29 is 12.8 Å². The fourth-order valence-corrected chi connectivity index (χ4v) is 4.87. The highest BCUT2D eigenvalue weighted by atomic mass is 32.2. The molecular weight excluding hydrogens is 355 g/mol. The second-order valence-corrected chi connectivity index (χ2v) is 8.19. The molecule has 0 radical (unpaired) electrons. The summed E-state index contributed by atoms with van der Waals surface area (Å²) in [4.78, 5) is 6.27. The van der Waals surface area contributed by atoms with E-state index in [9.17, 15) is 12.8 Å². The molecule has 1 aromatic carbocycles. The molecule has 1 aromatic rings. The Balaban J connectivity index is 1.86. The lowest BCUT2D eigenvalue weighted by atomic mass is 10.2. The molecule has 0 aromatic heterocycles.